The van der Waals surface area contributed by atoms with Crippen molar-refractivity contribution in [3.05, 3.63) is 29.0 Å². The van der Waals surface area contributed by atoms with Gasteiger partial charge in [0.1, 0.15) is 5.15 Å². The van der Waals surface area contributed by atoms with Gasteiger partial charge in [-0.3, -0.25) is 0 Å². The van der Waals surface area contributed by atoms with Crippen molar-refractivity contribution < 1.29 is 4.74 Å². The van der Waals surface area contributed by atoms with Crippen LogP contribution in [0, 0.1) is 5.92 Å². The predicted octanol–water partition coefficient (Wildman–Crippen LogP) is 2.31. The summed E-state index contributed by atoms with van der Waals surface area (Å²) < 4.78 is 5.31. The maximum absolute atomic E-state index is 5.69. The van der Waals surface area contributed by atoms with Gasteiger partial charge in [-0.15, -0.1) is 0 Å². The van der Waals surface area contributed by atoms with E-state index in [2.05, 4.69) is 4.98 Å². The van der Waals surface area contributed by atoms with Crippen molar-refractivity contribution >= 4 is 11.6 Å². The van der Waals surface area contributed by atoms with E-state index in [4.69, 9.17) is 16.3 Å². The zero-order valence-electron chi connectivity index (χ0n) is 7.37. The summed E-state index contributed by atoms with van der Waals surface area (Å²) in [6.45, 7) is 1.80. The van der Waals surface area contributed by atoms with Gasteiger partial charge in [0.25, 0.3) is 0 Å². The van der Waals surface area contributed by atoms with E-state index >= 15 is 0 Å². The number of ether oxygens (including phenoxy) is 1. The second-order valence-electron chi connectivity index (χ2n) is 3.42. The Kier molecular flexibility index (Phi) is 2.81. The first kappa shape index (κ1) is 8.97. The van der Waals surface area contributed by atoms with Crippen LogP contribution in [-0.2, 0) is 11.2 Å². The van der Waals surface area contributed by atoms with Crippen molar-refractivity contribution in [2.24, 2.45) is 5.92 Å². The van der Waals surface area contributed by atoms with E-state index in [0.29, 0.717) is 11.1 Å². The van der Waals surface area contributed by atoms with Gasteiger partial charge in [0, 0.05) is 19.4 Å². The normalized spacial score (nSPS) is 22.1. The van der Waals surface area contributed by atoms with Crippen molar-refractivity contribution in [3.63, 3.8) is 0 Å². The standard InChI is InChI=1S/C10H12ClNO/c11-10-2-1-8(6-12-10)5-9-3-4-13-7-9/h1-2,6,9H,3-5,7H2/t9-/m0/s1. The van der Waals surface area contributed by atoms with E-state index in [1.807, 2.05) is 18.3 Å². The largest absolute Gasteiger partial charge is 0.381 e. The van der Waals surface area contributed by atoms with Gasteiger partial charge in [-0.25, -0.2) is 4.98 Å². The van der Waals surface area contributed by atoms with Crippen LogP contribution in [0.3, 0.4) is 0 Å². The van der Waals surface area contributed by atoms with Gasteiger partial charge in [0.05, 0.1) is 0 Å². The average Bonchev–Trinajstić information content (AvgIpc) is 2.62. The third-order valence-corrected chi connectivity index (χ3v) is 2.56. The van der Waals surface area contributed by atoms with Crippen molar-refractivity contribution in [2.45, 2.75) is 12.8 Å². The lowest BCUT2D eigenvalue weighted by atomic mass is 10.0. The first-order valence-electron chi connectivity index (χ1n) is 4.53. The molecule has 1 aliphatic heterocycles. The summed E-state index contributed by atoms with van der Waals surface area (Å²) in [5.41, 5.74) is 1.25. The Morgan fingerprint density at radius 2 is 2.46 bits per heavy atom. The monoisotopic (exact) mass is 197 g/mol. The molecule has 0 saturated carbocycles. The number of hydrogen-bond acceptors (Lipinski definition) is 2. The van der Waals surface area contributed by atoms with E-state index in [0.717, 1.165) is 19.6 Å². The Hall–Kier alpha value is -0.600. The molecule has 1 fully saturated rings. The molecule has 0 unspecified atom stereocenters. The van der Waals surface area contributed by atoms with Gasteiger partial charge in [0.15, 0.2) is 0 Å². The molecule has 1 aliphatic rings. The van der Waals surface area contributed by atoms with Gasteiger partial charge >= 0.3 is 0 Å². The van der Waals surface area contributed by atoms with Gasteiger partial charge in [-0.05, 0) is 30.4 Å². The van der Waals surface area contributed by atoms with Crippen LogP contribution >= 0.6 is 11.6 Å². The molecule has 1 aromatic rings. The van der Waals surface area contributed by atoms with Crippen LogP contribution in [-0.4, -0.2) is 18.2 Å². The summed E-state index contributed by atoms with van der Waals surface area (Å²) in [6, 6.07) is 3.88. The third kappa shape index (κ3) is 2.42. The van der Waals surface area contributed by atoms with Gasteiger partial charge < -0.3 is 4.74 Å². The van der Waals surface area contributed by atoms with E-state index in [1.165, 1.54) is 12.0 Å². The van der Waals surface area contributed by atoms with Crippen molar-refractivity contribution in [2.75, 3.05) is 13.2 Å². The molecule has 2 heterocycles. The molecule has 0 aromatic carbocycles. The van der Waals surface area contributed by atoms with Crippen LogP contribution in [0.1, 0.15) is 12.0 Å². The molecule has 0 bridgehead atoms. The van der Waals surface area contributed by atoms with Crippen LogP contribution in [0.2, 0.25) is 5.15 Å². The van der Waals surface area contributed by atoms with Crippen LogP contribution in [0.15, 0.2) is 18.3 Å². The molecule has 2 nitrogen and oxygen atoms in total. The Morgan fingerprint density at radius 1 is 1.54 bits per heavy atom. The number of rotatable bonds is 2. The minimum absolute atomic E-state index is 0.562. The molecule has 1 atom stereocenters. The molecule has 0 spiro atoms. The highest BCUT2D eigenvalue weighted by atomic mass is 35.5. The van der Waals surface area contributed by atoms with Crippen molar-refractivity contribution in [1.29, 1.82) is 0 Å². The quantitative estimate of drug-likeness (QED) is 0.679. The molecule has 2 rings (SSSR count). The Morgan fingerprint density at radius 3 is 3.08 bits per heavy atom. The number of pyridine rings is 1. The lowest BCUT2D eigenvalue weighted by Gasteiger charge is -2.06. The predicted molar refractivity (Wildman–Crippen MR) is 51.9 cm³/mol. The number of hydrogen-bond donors (Lipinski definition) is 0. The molecule has 1 saturated heterocycles. The second kappa shape index (κ2) is 4.07. The van der Waals surface area contributed by atoms with Gasteiger partial charge in [-0.1, -0.05) is 17.7 Å². The molecule has 0 N–H and O–H groups in total. The Labute approximate surface area is 82.9 Å². The third-order valence-electron chi connectivity index (χ3n) is 2.34. The highest BCUT2D eigenvalue weighted by Crippen LogP contribution is 2.18. The molecule has 0 amide bonds. The maximum atomic E-state index is 5.69. The number of aromatic nitrogens is 1. The topological polar surface area (TPSA) is 22.1 Å². The Bertz CT molecular complexity index is 267. The summed E-state index contributed by atoms with van der Waals surface area (Å²) in [7, 11) is 0. The Balaban J connectivity index is 1.97. The first-order chi connectivity index (χ1) is 6.34. The molecular weight excluding hydrogens is 186 g/mol. The van der Waals surface area contributed by atoms with Gasteiger partial charge in [0.2, 0.25) is 0 Å². The summed E-state index contributed by atoms with van der Waals surface area (Å²) in [6.07, 6.45) is 4.08. The highest BCUT2D eigenvalue weighted by Gasteiger charge is 2.15. The zero-order chi connectivity index (χ0) is 9.10. The van der Waals surface area contributed by atoms with Crippen LogP contribution < -0.4 is 0 Å². The van der Waals surface area contributed by atoms with E-state index < -0.39 is 0 Å². The summed E-state index contributed by atoms with van der Waals surface area (Å²) >= 11 is 5.69. The van der Waals surface area contributed by atoms with E-state index in [9.17, 15) is 0 Å². The molecule has 0 radical (unpaired) electrons. The molecule has 0 aliphatic carbocycles. The number of halogens is 1. The highest BCUT2D eigenvalue weighted by molar-refractivity contribution is 6.29. The molecule has 70 valence electrons. The van der Waals surface area contributed by atoms with Crippen LogP contribution in [0.5, 0.6) is 0 Å². The first-order valence-corrected chi connectivity index (χ1v) is 4.90. The van der Waals surface area contributed by atoms with E-state index in [-0.39, 0.29) is 0 Å². The fourth-order valence-corrected chi connectivity index (χ4v) is 1.72. The van der Waals surface area contributed by atoms with Gasteiger partial charge in [-0.2, -0.15) is 0 Å². The summed E-state index contributed by atoms with van der Waals surface area (Å²) in [5, 5.41) is 0.562. The lowest BCUT2D eigenvalue weighted by Crippen LogP contribution is -2.03. The molecule has 3 heteroatoms. The van der Waals surface area contributed by atoms with Crippen molar-refractivity contribution in [3.8, 4) is 0 Å². The van der Waals surface area contributed by atoms with E-state index in [1.54, 1.807) is 0 Å². The SMILES string of the molecule is Clc1ccc(C[C@@H]2CCOC2)cn1. The minimum atomic E-state index is 0.562. The number of nitrogens with zero attached hydrogens (tertiary/aromatic N) is 1. The smallest absolute Gasteiger partial charge is 0.129 e. The lowest BCUT2D eigenvalue weighted by molar-refractivity contribution is 0.186. The average molecular weight is 198 g/mol. The fraction of sp³-hybridized carbons (Fsp3) is 0.500. The molecule has 1 aromatic heterocycles. The fourth-order valence-electron chi connectivity index (χ4n) is 1.60. The maximum Gasteiger partial charge on any atom is 0.129 e. The molecule has 13 heavy (non-hydrogen) atoms. The minimum Gasteiger partial charge on any atom is -0.381 e. The van der Waals surface area contributed by atoms with Crippen molar-refractivity contribution in [1.82, 2.24) is 4.98 Å². The molecular formula is C10H12ClNO. The summed E-state index contributed by atoms with van der Waals surface area (Å²) in [5.74, 6) is 0.669. The van der Waals surface area contributed by atoms with Crippen LogP contribution in [0.4, 0.5) is 0 Å². The van der Waals surface area contributed by atoms with Crippen LogP contribution in [0.25, 0.3) is 0 Å². The zero-order valence-corrected chi connectivity index (χ0v) is 8.13. The summed E-state index contributed by atoms with van der Waals surface area (Å²) in [4.78, 5) is 4.05. The second-order valence-corrected chi connectivity index (χ2v) is 3.81.